The first-order valence-electron chi connectivity index (χ1n) is 7.57. The molecule has 0 fully saturated rings. The molecular formula is C15H32O3. The Kier molecular flexibility index (Phi) is 14.8. The van der Waals surface area contributed by atoms with Gasteiger partial charge in [0.2, 0.25) is 0 Å². The van der Waals surface area contributed by atoms with Crippen LogP contribution in [-0.2, 0) is 9.47 Å². The fraction of sp³-hybridized carbons (Fsp3) is 1.00. The minimum Gasteiger partial charge on any atom is -0.394 e. The smallest absolute Gasteiger partial charge is 0.0701 e. The quantitative estimate of drug-likeness (QED) is 0.486. The number of hydrogen-bond acceptors (Lipinski definition) is 3. The fourth-order valence-corrected chi connectivity index (χ4v) is 1.98. The highest BCUT2D eigenvalue weighted by Gasteiger charge is 2.01. The number of aliphatic hydroxyl groups is 1. The van der Waals surface area contributed by atoms with E-state index < -0.39 is 0 Å². The second kappa shape index (κ2) is 14.9. The van der Waals surface area contributed by atoms with Crippen molar-refractivity contribution in [1.29, 1.82) is 0 Å². The van der Waals surface area contributed by atoms with Gasteiger partial charge in [-0.15, -0.1) is 0 Å². The van der Waals surface area contributed by atoms with Crippen LogP contribution in [-0.4, -0.2) is 38.1 Å². The maximum Gasteiger partial charge on any atom is 0.0701 e. The third-order valence-corrected chi connectivity index (χ3v) is 3.14. The van der Waals surface area contributed by atoms with Gasteiger partial charge in [-0.05, 0) is 18.8 Å². The van der Waals surface area contributed by atoms with Crippen molar-refractivity contribution in [2.75, 3.05) is 33.0 Å². The lowest BCUT2D eigenvalue weighted by Crippen LogP contribution is -2.08. The number of aliphatic hydroxyl groups excluding tert-OH is 1. The van der Waals surface area contributed by atoms with Gasteiger partial charge < -0.3 is 14.6 Å². The molecule has 0 amide bonds. The van der Waals surface area contributed by atoms with Gasteiger partial charge in [0.15, 0.2) is 0 Å². The summed E-state index contributed by atoms with van der Waals surface area (Å²) in [6, 6.07) is 0. The predicted molar refractivity (Wildman–Crippen MR) is 75.9 cm³/mol. The van der Waals surface area contributed by atoms with Crippen LogP contribution in [0.25, 0.3) is 0 Å². The molecule has 1 unspecified atom stereocenters. The SMILES string of the molecule is CCCCCCC(C)CCCOCCOCCO. The highest BCUT2D eigenvalue weighted by molar-refractivity contribution is 4.54. The Bertz CT molecular complexity index is 151. The van der Waals surface area contributed by atoms with Gasteiger partial charge in [0.05, 0.1) is 26.4 Å². The van der Waals surface area contributed by atoms with Crippen molar-refractivity contribution in [3.8, 4) is 0 Å². The Balaban J connectivity index is 3.08. The van der Waals surface area contributed by atoms with Gasteiger partial charge in [-0.2, -0.15) is 0 Å². The number of unbranched alkanes of at least 4 members (excludes halogenated alkanes) is 3. The molecule has 0 aliphatic heterocycles. The van der Waals surface area contributed by atoms with Crippen molar-refractivity contribution in [2.45, 2.75) is 58.8 Å². The second-order valence-corrected chi connectivity index (χ2v) is 5.05. The van der Waals surface area contributed by atoms with Crippen LogP contribution in [0.5, 0.6) is 0 Å². The van der Waals surface area contributed by atoms with Crippen molar-refractivity contribution in [2.24, 2.45) is 5.92 Å². The van der Waals surface area contributed by atoms with E-state index in [2.05, 4.69) is 13.8 Å². The van der Waals surface area contributed by atoms with Crippen LogP contribution in [0.15, 0.2) is 0 Å². The highest BCUT2D eigenvalue weighted by Crippen LogP contribution is 2.15. The van der Waals surface area contributed by atoms with E-state index in [1.807, 2.05) is 0 Å². The van der Waals surface area contributed by atoms with Crippen LogP contribution < -0.4 is 0 Å². The predicted octanol–water partition coefficient (Wildman–Crippen LogP) is 3.40. The summed E-state index contributed by atoms with van der Waals surface area (Å²) >= 11 is 0. The molecule has 0 radical (unpaired) electrons. The fourth-order valence-electron chi connectivity index (χ4n) is 1.98. The molecule has 0 aliphatic carbocycles. The Morgan fingerprint density at radius 1 is 0.833 bits per heavy atom. The van der Waals surface area contributed by atoms with E-state index in [1.165, 1.54) is 38.5 Å². The first-order valence-corrected chi connectivity index (χ1v) is 7.57. The Hall–Kier alpha value is -0.120. The summed E-state index contributed by atoms with van der Waals surface area (Å²) in [5.74, 6) is 0.830. The number of ether oxygens (including phenoxy) is 2. The van der Waals surface area contributed by atoms with Crippen molar-refractivity contribution < 1.29 is 14.6 Å². The van der Waals surface area contributed by atoms with Crippen LogP contribution in [0.2, 0.25) is 0 Å². The third-order valence-electron chi connectivity index (χ3n) is 3.14. The van der Waals surface area contributed by atoms with Crippen LogP contribution >= 0.6 is 0 Å². The van der Waals surface area contributed by atoms with Gasteiger partial charge in [-0.25, -0.2) is 0 Å². The monoisotopic (exact) mass is 260 g/mol. The molecule has 18 heavy (non-hydrogen) atoms. The molecule has 110 valence electrons. The van der Waals surface area contributed by atoms with Crippen LogP contribution in [0.1, 0.15) is 58.8 Å². The van der Waals surface area contributed by atoms with Crippen molar-refractivity contribution in [3.63, 3.8) is 0 Å². The number of hydrogen-bond donors (Lipinski definition) is 1. The van der Waals surface area contributed by atoms with E-state index in [9.17, 15) is 0 Å². The Morgan fingerprint density at radius 3 is 2.17 bits per heavy atom. The molecule has 0 aliphatic rings. The standard InChI is InChI=1S/C15H32O3/c1-3-4-5-6-8-15(2)9-7-11-17-13-14-18-12-10-16/h15-16H,3-14H2,1-2H3. The largest absolute Gasteiger partial charge is 0.394 e. The normalized spacial score (nSPS) is 12.8. The maximum atomic E-state index is 8.51. The molecule has 0 spiro atoms. The van der Waals surface area contributed by atoms with Gasteiger partial charge in [-0.1, -0.05) is 46.0 Å². The molecule has 0 saturated heterocycles. The van der Waals surface area contributed by atoms with E-state index in [0.29, 0.717) is 19.8 Å². The molecular weight excluding hydrogens is 228 g/mol. The van der Waals surface area contributed by atoms with Crippen molar-refractivity contribution in [1.82, 2.24) is 0 Å². The van der Waals surface area contributed by atoms with E-state index >= 15 is 0 Å². The topological polar surface area (TPSA) is 38.7 Å². The van der Waals surface area contributed by atoms with Gasteiger partial charge in [-0.3, -0.25) is 0 Å². The lowest BCUT2D eigenvalue weighted by atomic mass is 9.98. The first-order chi connectivity index (χ1) is 8.81. The van der Waals surface area contributed by atoms with Crippen molar-refractivity contribution >= 4 is 0 Å². The van der Waals surface area contributed by atoms with Crippen LogP contribution in [0.3, 0.4) is 0 Å². The minimum atomic E-state index is 0.0928. The average molecular weight is 260 g/mol. The van der Waals surface area contributed by atoms with Gasteiger partial charge in [0.25, 0.3) is 0 Å². The van der Waals surface area contributed by atoms with Crippen LogP contribution in [0.4, 0.5) is 0 Å². The molecule has 0 aromatic heterocycles. The molecule has 0 saturated carbocycles. The molecule has 1 atom stereocenters. The molecule has 3 heteroatoms. The zero-order valence-electron chi connectivity index (χ0n) is 12.3. The summed E-state index contributed by atoms with van der Waals surface area (Å²) in [5, 5.41) is 8.51. The highest BCUT2D eigenvalue weighted by atomic mass is 16.5. The zero-order chi connectivity index (χ0) is 13.5. The summed E-state index contributed by atoms with van der Waals surface area (Å²) in [5.41, 5.74) is 0. The van der Waals surface area contributed by atoms with E-state index in [4.69, 9.17) is 14.6 Å². The molecule has 3 nitrogen and oxygen atoms in total. The van der Waals surface area contributed by atoms with Gasteiger partial charge >= 0.3 is 0 Å². The molecule has 0 aromatic carbocycles. The lowest BCUT2D eigenvalue weighted by molar-refractivity contribution is 0.0314. The summed E-state index contributed by atoms with van der Waals surface area (Å²) < 4.78 is 10.6. The number of rotatable bonds is 14. The van der Waals surface area contributed by atoms with Gasteiger partial charge in [0.1, 0.15) is 0 Å². The Labute approximate surface area is 113 Å². The van der Waals surface area contributed by atoms with Crippen LogP contribution in [0, 0.1) is 5.92 Å². The molecule has 0 bridgehead atoms. The molecule has 0 rings (SSSR count). The van der Waals surface area contributed by atoms with E-state index in [-0.39, 0.29) is 6.61 Å². The van der Waals surface area contributed by atoms with E-state index in [1.54, 1.807) is 0 Å². The first kappa shape index (κ1) is 17.9. The summed E-state index contributed by atoms with van der Waals surface area (Å²) in [6.45, 7) is 7.18. The molecule has 1 N–H and O–H groups in total. The summed E-state index contributed by atoms with van der Waals surface area (Å²) in [6.07, 6.45) is 9.24. The lowest BCUT2D eigenvalue weighted by Gasteiger charge is -2.11. The van der Waals surface area contributed by atoms with E-state index in [0.717, 1.165) is 18.9 Å². The maximum absolute atomic E-state index is 8.51. The summed E-state index contributed by atoms with van der Waals surface area (Å²) in [4.78, 5) is 0. The second-order valence-electron chi connectivity index (χ2n) is 5.05. The molecule has 0 aromatic rings. The average Bonchev–Trinajstić information content (AvgIpc) is 2.38. The van der Waals surface area contributed by atoms with Crippen molar-refractivity contribution in [3.05, 3.63) is 0 Å². The summed E-state index contributed by atoms with van der Waals surface area (Å²) in [7, 11) is 0. The zero-order valence-corrected chi connectivity index (χ0v) is 12.3. The van der Waals surface area contributed by atoms with Gasteiger partial charge in [0, 0.05) is 6.61 Å². The third kappa shape index (κ3) is 13.9. The minimum absolute atomic E-state index is 0.0928. The molecule has 0 heterocycles. The Morgan fingerprint density at radius 2 is 1.50 bits per heavy atom.